The van der Waals surface area contributed by atoms with Gasteiger partial charge in [-0.25, -0.2) is 0 Å². The molecule has 0 radical (unpaired) electrons. The van der Waals surface area contributed by atoms with E-state index in [0.717, 1.165) is 5.56 Å². The van der Waals surface area contributed by atoms with Gasteiger partial charge in [0, 0.05) is 0 Å². The van der Waals surface area contributed by atoms with Crippen molar-refractivity contribution in [2.24, 2.45) is 0 Å². The number of hydrogen-bond acceptors (Lipinski definition) is 2. The van der Waals surface area contributed by atoms with Crippen molar-refractivity contribution in [1.82, 2.24) is 0 Å². The summed E-state index contributed by atoms with van der Waals surface area (Å²) in [5.74, 6) is 0. The maximum absolute atomic E-state index is 14.6. The van der Waals surface area contributed by atoms with Crippen LogP contribution >= 0.6 is 0 Å². The first kappa shape index (κ1) is 18.2. The molecule has 25 heavy (non-hydrogen) atoms. The van der Waals surface area contributed by atoms with Crippen molar-refractivity contribution in [1.29, 1.82) is 0 Å². The molecule has 132 valence electrons. The Morgan fingerprint density at radius 3 is 1.92 bits per heavy atom. The molecule has 0 bridgehead atoms. The highest BCUT2D eigenvalue weighted by Gasteiger charge is 2.54. The SMILES string of the molecule is CC1(C)OB(C(F)CCc2ccc(-c3ccccc3)cc2)OC1(C)C. The standard InChI is InChI=1S/C21H26BFO2/c1-20(2)21(3,4)25-22(24-20)19(23)15-12-16-10-13-18(14-11-16)17-8-6-5-7-9-17/h5-11,13-14,19H,12,15H2,1-4H3. The molecule has 2 aromatic rings. The molecular formula is C21H26BFO2. The second kappa shape index (κ2) is 6.93. The fraction of sp³-hybridized carbons (Fsp3) is 0.429. The van der Waals surface area contributed by atoms with Crippen molar-refractivity contribution in [3.8, 4) is 11.1 Å². The monoisotopic (exact) mass is 340 g/mol. The van der Waals surface area contributed by atoms with Crippen LogP contribution in [0.1, 0.15) is 39.7 Å². The van der Waals surface area contributed by atoms with Gasteiger partial charge in [0.25, 0.3) is 0 Å². The van der Waals surface area contributed by atoms with Crippen LogP contribution in [0.2, 0.25) is 0 Å². The lowest BCUT2D eigenvalue weighted by Crippen LogP contribution is -2.41. The minimum atomic E-state index is -1.13. The van der Waals surface area contributed by atoms with Crippen molar-refractivity contribution >= 4 is 7.12 Å². The molecule has 0 aromatic heterocycles. The highest BCUT2D eigenvalue weighted by Crippen LogP contribution is 2.38. The third-order valence-electron chi connectivity index (χ3n) is 5.34. The summed E-state index contributed by atoms with van der Waals surface area (Å²) in [6.07, 6.45) is -0.0724. The van der Waals surface area contributed by atoms with E-state index in [-0.39, 0.29) is 0 Å². The summed E-state index contributed by atoms with van der Waals surface area (Å²) in [5.41, 5.74) is 2.51. The van der Waals surface area contributed by atoms with Gasteiger partial charge >= 0.3 is 7.12 Å². The van der Waals surface area contributed by atoms with Gasteiger partial charge in [-0.1, -0.05) is 54.6 Å². The van der Waals surface area contributed by atoms with Crippen LogP contribution in [-0.4, -0.2) is 24.4 Å². The molecule has 1 atom stereocenters. The molecule has 2 nitrogen and oxygen atoms in total. The first-order valence-electron chi connectivity index (χ1n) is 8.93. The maximum Gasteiger partial charge on any atom is 0.494 e. The van der Waals surface area contributed by atoms with E-state index < -0.39 is 24.4 Å². The van der Waals surface area contributed by atoms with Gasteiger partial charge in [-0.3, -0.25) is 4.39 Å². The van der Waals surface area contributed by atoms with Crippen molar-refractivity contribution in [3.05, 3.63) is 60.2 Å². The Morgan fingerprint density at radius 1 is 0.840 bits per heavy atom. The average Bonchev–Trinajstić information content (AvgIpc) is 2.82. The van der Waals surface area contributed by atoms with Gasteiger partial charge in [0.15, 0.2) is 0 Å². The zero-order valence-corrected chi connectivity index (χ0v) is 15.5. The van der Waals surface area contributed by atoms with E-state index in [2.05, 4.69) is 36.4 Å². The zero-order valence-electron chi connectivity index (χ0n) is 15.5. The van der Waals surface area contributed by atoms with E-state index in [1.165, 1.54) is 11.1 Å². The molecule has 0 amide bonds. The van der Waals surface area contributed by atoms with Crippen molar-refractivity contribution in [2.75, 3.05) is 0 Å². The number of alkyl halides is 1. The van der Waals surface area contributed by atoms with Gasteiger partial charge in [-0.15, -0.1) is 0 Å². The molecule has 1 aliphatic rings. The van der Waals surface area contributed by atoms with E-state index in [1.54, 1.807) is 0 Å². The summed E-state index contributed by atoms with van der Waals surface area (Å²) in [6, 6.07) is 18.6. The van der Waals surface area contributed by atoms with E-state index in [0.29, 0.717) is 12.8 Å². The Hall–Kier alpha value is -1.65. The number of aryl methyl sites for hydroxylation is 1. The molecule has 2 aromatic carbocycles. The summed E-state index contributed by atoms with van der Waals surface area (Å²) < 4.78 is 26.2. The van der Waals surface area contributed by atoms with Gasteiger partial charge in [-0.2, -0.15) is 0 Å². The summed E-state index contributed by atoms with van der Waals surface area (Å²) in [4.78, 5) is 0. The van der Waals surface area contributed by atoms with Crippen molar-refractivity contribution < 1.29 is 13.7 Å². The minimum absolute atomic E-state index is 0.390. The summed E-state index contributed by atoms with van der Waals surface area (Å²) in [6.45, 7) is 7.79. The van der Waals surface area contributed by atoms with Crippen molar-refractivity contribution in [3.63, 3.8) is 0 Å². The second-order valence-electron chi connectivity index (χ2n) is 7.74. The second-order valence-corrected chi connectivity index (χ2v) is 7.74. The fourth-order valence-corrected chi connectivity index (χ4v) is 2.97. The van der Waals surface area contributed by atoms with Gasteiger partial charge in [0.05, 0.1) is 11.2 Å². The molecule has 1 heterocycles. The van der Waals surface area contributed by atoms with Crippen LogP contribution in [0.4, 0.5) is 4.39 Å². The molecule has 3 rings (SSSR count). The Bertz CT molecular complexity index is 682. The Kier molecular flexibility index (Phi) is 5.03. The number of benzene rings is 2. The van der Waals surface area contributed by atoms with E-state index in [9.17, 15) is 4.39 Å². The molecule has 0 N–H and O–H groups in total. The van der Waals surface area contributed by atoms with Crippen LogP contribution in [-0.2, 0) is 15.7 Å². The van der Waals surface area contributed by atoms with Gasteiger partial charge in [-0.05, 0) is 57.2 Å². The van der Waals surface area contributed by atoms with Crippen LogP contribution in [0.25, 0.3) is 11.1 Å². The highest BCUT2D eigenvalue weighted by atomic mass is 19.1. The Morgan fingerprint density at radius 2 is 1.36 bits per heavy atom. The first-order chi connectivity index (χ1) is 11.8. The van der Waals surface area contributed by atoms with E-state index in [4.69, 9.17) is 9.31 Å². The lowest BCUT2D eigenvalue weighted by molar-refractivity contribution is 0.00578. The molecule has 0 aliphatic carbocycles. The first-order valence-corrected chi connectivity index (χ1v) is 8.93. The fourth-order valence-electron chi connectivity index (χ4n) is 2.97. The molecule has 0 saturated carbocycles. The highest BCUT2D eigenvalue weighted by molar-refractivity contribution is 6.47. The average molecular weight is 340 g/mol. The molecule has 1 fully saturated rings. The Labute approximate surface area is 150 Å². The summed E-state index contributed by atoms with van der Waals surface area (Å²) in [5, 5.41) is 0. The third kappa shape index (κ3) is 3.96. The van der Waals surface area contributed by atoms with Gasteiger partial charge < -0.3 is 9.31 Å². The molecule has 1 aliphatic heterocycles. The summed E-state index contributed by atoms with van der Waals surface area (Å²) >= 11 is 0. The minimum Gasteiger partial charge on any atom is -0.401 e. The lowest BCUT2D eigenvalue weighted by Gasteiger charge is -2.32. The predicted octanol–water partition coefficient (Wildman–Crippen LogP) is 5.26. The maximum atomic E-state index is 14.6. The molecule has 0 spiro atoms. The van der Waals surface area contributed by atoms with Crippen molar-refractivity contribution in [2.45, 2.75) is 57.8 Å². The lowest BCUT2D eigenvalue weighted by atomic mass is 9.79. The molecule has 1 unspecified atom stereocenters. The predicted molar refractivity (Wildman–Crippen MR) is 101 cm³/mol. The topological polar surface area (TPSA) is 18.5 Å². The van der Waals surface area contributed by atoms with E-state index in [1.807, 2.05) is 45.9 Å². The van der Waals surface area contributed by atoms with Crippen LogP contribution < -0.4 is 0 Å². The van der Waals surface area contributed by atoms with Crippen LogP contribution in [0.5, 0.6) is 0 Å². The normalized spacial score (nSPS) is 19.8. The van der Waals surface area contributed by atoms with Gasteiger partial charge in [0.1, 0.15) is 6.07 Å². The molecule has 4 heteroatoms. The largest absolute Gasteiger partial charge is 0.494 e. The quantitative estimate of drug-likeness (QED) is 0.692. The van der Waals surface area contributed by atoms with Crippen LogP contribution in [0.15, 0.2) is 54.6 Å². The van der Waals surface area contributed by atoms with Crippen LogP contribution in [0, 0.1) is 0 Å². The third-order valence-corrected chi connectivity index (χ3v) is 5.34. The number of rotatable bonds is 5. The molecular weight excluding hydrogens is 314 g/mol. The smallest absolute Gasteiger partial charge is 0.401 e. The van der Waals surface area contributed by atoms with Crippen LogP contribution in [0.3, 0.4) is 0 Å². The number of halogens is 1. The van der Waals surface area contributed by atoms with E-state index >= 15 is 0 Å². The summed E-state index contributed by atoms with van der Waals surface area (Å²) in [7, 11) is -0.784. The Balaban J connectivity index is 1.57. The molecule has 1 saturated heterocycles. The van der Waals surface area contributed by atoms with Gasteiger partial charge in [0.2, 0.25) is 0 Å². The number of hydrogen-bond donors (Lipinski definition) is 0. The zero-order chi connectivity index (χ0) is 18.1.